The second-order valence-electron chi connectivity index (χ2n) is 4.24. The fraction of sp³-hybridized carbons (Fsp3) is 0.143. The molecule has 0 saturated carbocycles. The summed E-state index contributed by atoms with van der Waals surface area (Å²) >= 11 is 6.77. The molecular weight excluding hydrogens is 404 g/mol. The third kappa shape index (κ3) is 3.95. The maximum atomic E-state index is 10.7. The lowest BCUT2D eigenvalue weighted by Crippen LogP contribution is -2.01. The van der Waals surface area contributed by atoms with Crippen LogP contribution in [0.25, 0.3) is 0 Å². The summed E-state index contributed by atoms with van der Waals surface area (Å²) in [5.74, 6) is 0.773. The first kappa shape index (κ1) is 15.8. The topological polar surface area (TPSA) is 64.4 Å². The van der Waals surface area contributed by atoms with Crippen LogP contribution in [0, 0.1) is 10.1 Å². The van der Waals surface area contributed by atoms with E-state index < -0.39 is 4.92 Å². The van der Waals surface area contributed by atoms with Crippen LogP contribution < -0.4 is 10.1 Å². The van der Waals surface area contributed by atoms with Gasteiger partial charge in [-0.15, -0.1) is 0 Å². The van der Waals surface area contributed by atoms with Crippen molar-refractivity contribution in [1.82, 2.24) is 0 Å². The molecule has 2 rings (SSSR count). The van der Waals surface area contributed by atoms with Crippen molar-refractivity contribution < 1.29 is 9.66 Å². The Morgan fingerprint density at radius 3 is 2.52 bits per heavy atom. The molecule has 0 spiro atoms. The van der Waals surface area contributed by atoms with Gasteiger partial charge in [-0.3, -0.25) is 10.1 Å². The van der Waals surface area contributed by atoms with E-state index in [2.05, 4.69) is 37.2 Å². The number of hydrogen-bond donors (Lipinski definition) is 1. The van der Waals surface area contributed by atoms with Gasteiger partial charge in [0.25, 0.3) is 5.69 Å². The molecule has 110 valence electrons. The van der Waals surface area contributed by atoms with Crippen molar-refractivity contribution in [1.29, 1.82) is 0 Å². The Bertz CT molecular complexity index is 677. The third-order valence-corrected chi connectivity index (χ3v) is 4.14. The first-order chi connectivity index (χ1) is 10.0. The number of nitrogens with one attached hydrogen (secondary N) is 1. The van der Waals surface area contributed by atoms with E-state index in [4.69, 9.17) is 4.74 Å². The average molecular weight is 416 g/mol. The summed E-state index contributed by atoms with van der Waals surface area (Å²) in [6.45, 7) is 0.596. The zero-order valence-electron chi connectivity index (χ0n) is 11.1. The van der Waals surface area contributed by atoms with E-state index in [1.165, 1.54) is 12.1 Å². The van der Waals surface area contributed by atoms with Gasteiger partial charge >= 0.3 is 0 Å². The second kappa shape index (κ2) is 6.91. The van der Waals surface area contributed by atoms with Crippen molar-refractivity contribution in [3.8, 4) is 5.75 Å². The highest BCUT2D eigenvalue weighted by molar-refractivity contribution is 9.11. The van der Waals surface area contributed by atoms with Gasteiger partial charge in [-0.25, -0.2) is 0 Å². The van der Waals surface area contributed by atoms with Crippen LogP contribution in [-0.4, -0.2) is 12.0 Å². The van der Waals surface area contributed by atoms with Crippen LogP contribution in [0.3, 0.4) is 0 Å². The molecule has 7 heteroatoms. The van der Waals surface area contributed by atoms with Crippen LogP contribution in [-0.2, 0) is 6.54 Å². The fourth-order valence-corrected chi connectivity index (χ4v) is 2.87. The van der Waals surface area contributed by atoms with Crippen molar-refractivity contribution in [2.45, 2.75) is 6.54 Å². The Kier molecular flexibility index (Phi) is 5.19. The minimum absolute atomic E-state index is 0.0552. The first-order valence-corrected chi connectivity index (χ1v) is 7.60. The predicted molar refractivity (Wildman–Crippen MR) is 88.8 cm³/mol. The normalized spacial score (nSPS) is 10.2. The number of non-ortho nitro benzene ring substituents is 1. The molecule has 0 heterocycles. The number of nitro groups is 1. The molecule has 0 amide bonds. The number of benzene rings is 2. The highest BCUT2D eigenvalue weighted by atomic mass is 79.9. The summed E-state index contributed by atoms with van der Waals surface area (Å²) in [6, 6.07) is 10.4. The lowest BCUT2D eigenvalue weighted by Gasteiger charge is -2.10. The first-order valence-electron chi connectivity index (χ1n) is 6.01. The maximum absolute atomic E-state index is 10.7. The number of halogens is 2. The van der Waals surface area contributed by atoms with Crippen molar-refractivity contribution in [2.24, 2.45) is 0 Å². The fourth-order valence-electron chi connectivity index (χ4n) is 1.78. The molecule has 0 aliphatic rings. The van der Waals surface area contributed by atoms with E-state index in [0.717, 1.165) is 21.5 Å². The van der Waals surface area contributed by atoms with E-state index >= 15 is 0 Å². The number of nitro benzene ring substituents is 1. The Labute approximate surface area is 138 Å². The van der Waals surface area contributed by atoms with Crippen molar-refractivity contribution in [3.63, 3.8) is 0 Å². The standard InChI is InChI=1S/C14H12Br2N2O3/c1-21-14-5-2-9(6-12(14)16)8-17-13-4-3-10(18(19)20)7-11(13)15/h2-7,17H,8H2,1H3. The Morgan fingerprint density at radius 2 is 1.95 bits per heavy atom. The molecule has 2 aromatic rings. The van der Waals surface area contributed by atoms with Crippen molar-refractivity contribution >= 4 is 43.2 Å². The molecule has 0 atom stereocenters. The number of hydrogen-bond acceptors (Lipinski definition) is 4. The minimum Gasteiger partial charge on any atom is -0.496 e. The van der Waals surface area contributed by atoms with Crippen LogP contribution in [0.5, 0.6) is 5.75 Å². The van der Waals surface area contributed by atoms with Gasteiger partial charge in [-0.2, -0.15) is 0 Å². The molecule has 0 fully saturated rings. The van der Waals surface area contributed by atoms with E-state index in [-0.39, 0.29) is 5.69 Å². The molecule has 1 N–H and O–H groups in total. The Hall–Kier alpha value is -1.60. The summed E-state index contributed by atoms with van der Waals surface area (Å²) in [7, 11) is 1.62. The Morgan fingerprint density at radius 1 is 1.19 bits per heavy atom. The third-order valence-electron chi connectivity index (χ3n) is 2.86. The molecular formula is C14H12Br2N2O3. The quantitative estimate of drug-likeness (QED) is 0.565. The minimum atomic E-state index is -0.422. The van der Waals surface area contributed by atoms with Crippen molar-refractivity contribution in [3.05, 3.63) is 61.0 Å². The van der Waals surface area contributed by atoms with Gasteiger partial charge in [0.1, 0.15) is 5.75 Å². The predicted octanol–water partition coefficient (Wildman–Crippen LogP) is 4.74. The van der Waals surface area contributed by atoms with Gasteiger partial charge in [-0.05, 0) is 55.6 Å². The molecule has 0 bridgehead atoms. The number of nitrogens with zero attached hydrogens (tertiary/aromatic N) is 1. The van der Waals surface area contributed by atoms with Gasteiger partial charge in [0.05, 0.1) is 16.5 Å². The number of methoxy groups -OCH3 is 1. The highest BCUT2D eigenvalue weighted by Crippen LogP contribution is 2.29. The smallest absolute Gasteiger partial charge is 0.270 e. The number of ether oxygens (including phenoxy) is 1. The average Bonchev–Trinajstić information content (AvgIpc) is 2.46. The second-order valence-corrected chi connectivity index (χ2v) is 5.95. The molecule has 2 aromatic carbocycles. The zero-order valence-corrected chi connectivity index (χ0v) is 14.3. The molecule has 0 radical (unpaired) electrons. The van der Waals surface area contributed by atoms with Gasteiger partial charge < -0.3 is 10.1 Å². The molecule has 0 aromatic heterocycles. The van der Waals surface area contributed by atoms with Crippen molar-refractivity contribution in [2.75, 3.05) is 12.4 Å². The van der Waals surface area contributed by atoms with E-state index in [9.17, 15) is 10.1 Å². The SMILES string of the molecule is COc1ccc(CNc2ccc([N+](=O)[O-])cc2Br)cc1Br. The Balaban J connectivity index is 2.09. The van der Waals surface area contributed by atoms with Gasteiger partial charge in [0.2, 0.25) is 0 Å². The molecule has 5 nitrogen and oxygen atoms in total. The number of anilines is 1. The summed E-state index contributed by atoms with van der Waals surface area (Å²) < 4.78 is 6.72. The molecule has 0 unspecified atom stereocenters. The van der Waals surface area contributed by atoms with E-state index in [1.54, 1.807) is 13.2 Å². The van der Waals surface area contributed by atoms with Crippen LogP contribution in [0.2, 0.25) is 0 Å². The molecule has 0 aliphatic carbocycles. The van der Waals surface area contributed by atoms with Gasteiger partial charge in [0.15, 0.2) is 0 Å². The summed E-state index contributed by atoms with van der Waals surface area (Å²) in [5, 5.41) is 13.9. The van der Waals surface area contributed by atoms with E-state index in [1.807, 2.05) is 18.2 Å². The molecule has 0 aliphatic heterocycles. The summed E-state index contributed by atoms with van der Waals surface area (Å²) in [5.41, 5.74) is 1.92. The monoisotopic (exact) mass is 414 g/mol. The van der Waals surface area contributed by atoms with E-state index in [0.29, 0.717) is 11.0 Å². The number of rotatable bonds is 5. The lowest BCUT2D eigenvalue weighted by atomic mass is 10.2. The largest absolute Gasteiger partial charge is 0.496 e. The van der Waals surface area contributed by atoms with Gasteiger partial charge in [0, 0.05) is 28.8 Å². The van der Waals surface area contributed by atoms with Gasteiger partial charge in [-0.1, -0.05) is 6.07 Å². The molecule has 0 saturated heterocycles. The highest BCUT2D eigenvalue weighted by Gasteiger charge is 2.09. The molecule has 21 heavy (non-hydrogen) atoms. The summed E-state index contributed by atoms with van der Waals surface area (Å²) in [6.07, 6.45) is 0. The lowest BCUT2D eigenvalue weighted by molar-refractivity contribution is -0.384. The van der Waals surface area contributed by atoms with Crippen LogP contribution in [0.15, 0.2) is 45.3 Å². The van der Waals surface area contributed by atoms with Crippen LogP contribution in [0.1, 0.15) is 5.56 Å². The van der Waals surface area contributed by atoms with Crippen LogP contribution >= 0.6 is 31.9 Å². The zero-order chi connectivity index (χ0) is 15.4. The van der Waals surface area contributed by atoms with Crippen LogP contribution in [0.4, 0.5) is 11.4 Å². The maximum Gasteiger partial charge on any atom is 0.270 e. The summed E-state index contributed by atoms with van der Waals surface area (Å²) in [4.78, 5) is 10.3.